The lowest BCUT2D eigenvalue weighted by Gasteiger charge is -2.06. The van der Waals surface area contributed by atoms with E-state index in [4.69, 9.17) is 0 Å². The Bertz CT molecular complexity index is 1310. The predicted octanol–water partition coefficient (Wildman–Crippen LogP) is 9.11. The van der Waals surface area contributed by atoms with Crippen LogP contribution in [0.15, 0.2) is 82.1 Å². The first-order valence-corrected chi connectivity index (χ1v) is 16.7. The molecule has 42 heavy (non-hydrogen) atoms. The average Bonchev–Trinajstić information content (AvgIpc) is 2.99. The van der Waals surface area contributed by atoms with E-state index in [1.807, 2.05) is 0 Å². The molecule has 0 aliphatic carbocycles. The Morgan fingerprint density at radius 1 is 0.690 bits per heavy atom. The number of amides is 1. The van der Waals surface area contributed by atoms with Crippen LogP contribution in [0.1, 0.15) is 96.8 Å². The smallest absolute Gasteiger partial charge is 0.264 e. The summed E-state index contributed by atoms with van der Waals surface area (Å²) in [5, 5.41) is 11.3. The summed E-state index contributed by atoms with van der Waals surface area (Å²) in [5.41, 5.74) is 1.84. The van der Waals surface area contributed by atoms with E-state index in [9.17, 15) is 13.2 Å². The van der Waals surface area contributed by atoms with Crippen LogP contribution in [-0.2, 0) is 14.8 Å². The lowest BCUT2D eigenvalue weighted by molar-refractivity contribution is -0.116. The fourth-order valence-electron chi connectivity index (χ4n) is 4.48. The number of nitrogens with zero attached hydrogens (tertiary/aromatic N) is 4. The van der Waals surface area contributed by atoms with Gasteiger partial charge >= 0.3 is 0 Å². The first-order valence-electron chi connectivity index (χ1n) is 15.2. The third kappa shape index (κ3) is 12.9. The summed E-state index contributed by atoms with van der Waals surface area (Å²) in [6.45, 7) is 2.26. The summed E-state index contributed by atoms with van der Waals surface area (Å²) >= 11 is 0. The topological polar surface area (TPSA) is 126 Å². The largest absolute Gasteiger partial charge is 0.326 e. The number of aromatic nitrogens is 2. The van der Waals surface area contributed by atoms with Crippen LogP contribution in [0.3, 0.4) is 0 Å². The minimum Gasteiger partial charge on any atom is -0.326 e. The molecule has 0 radical (unpaired) electrons. The van der Waals surface area contributed by atoms with Gasteiger partial charge in [0.15, 0.2) is 0 Å². The van der Waals surface area contributed by atoms with Crippen LogP contribution in [0.5, 0.6) is 0 Å². The maximum absolute atomic E-state index is 12.5. The van der Waals surface area contributed by atoms with Crippen LogP contribution in [0.2, 0.25) is 0 Å². The van der Waals surface area contributed by atoms with E-state index >= 15 is 0 Å². The number of hydrogen-bond donors (Lipinski definition) is 2. The molecule has 2 N–H and O–H groups in total. The second-order valence-corrected chi connectivity index (χ2v) is 12.1. The molecule has 0 aliphatic heterocycles. The highest BCUT2D eigenvalue weighted by molar-refractivity contribution is 7.92. The number of unbranched alkanes of at least 4 members (excludes halogenated alkanes) is 12. The SMILES string of the molecule is CCCCCCCCCCCCCCCC(=O)Nc1ccc(N=Nc2ccc(S(=O)(=O)Nc3ncccn3)cc2)cc1. The number of nitrogens with one attached hydrogen (secondary N) is 2. The van der Waals surface area contributed by atoms with Gasteiger partial charge in [-0.25, -0.2) is 23.1 Å². The van der Waals surface area contributed by atoms with Crippen molar-refractivity contribution in [3.8, 4) is 0 Å². The van der Waals surface area contributed by atoms with Crippen LogP contribution >= 0.6 is 0 Å². The number of azo groups is 1. The molecule has 0 saturated carbocycles. The van der Waals surface area contributed by atoms with Gasteiger partial charge in [-0.05, 0) is 61.0 Å². The van der Waals surface area contributed by atoms with Crippen molar-refractivity contribution < 1.29 is 13.2 Å². The second kappa shape index (κ2) is 18.7. The molecule has 1 aromatic heterocycles. The molecule has 3 aromatic rings. The van der Waals surface area contributed by atoms with Gasteiger partial charge in [-0.2, -0.15) is 10.2 Å². The van der Waals surface area contributed by atoms with Crippen molar-refractivity contribution in [2.45, 2.75) is 102 Å². The Morgan fingerprint density at radius 3 is 1.69 bits per heavy atom. The lowest BCUT2D eigenvalue weighted by Crippen LogP contribution is -2.14. The number of benzene rings is 2. The van der Waals surface area contributed by atoms with Crippen molar-refractivity contribution in [1.82, 2.24) is 9.97 Å². The number of anilines is 2. The summed E-state index contributed by atoms with van der Waals surface area (Å²) in [6, 6.07) is 14.7. The van der Waals surface area contributed by atoms with Crippen molar-refractivity contribution in [3.63, 3.8) is 0 Å². The van der Waals surface area contributed by atoms with E-state index in [2.05, 4.69) is 37.2 Å². The molecule has 10 heteroatoms. The molecule has 3 rings (SSSR count). The zero-order valence-corrected chi connectivity index (χ0v) is 25.5. The molecule has 0 spiro atoms. The minimum absolute atomic E-state index is 0.000452. The highest BCUT2D eigenvalue weighted by Crippen LogP contribution is 2.23. The number of carbonyl (C=O) groups is 1. The maximum atomic E-state index is 12.5. The van der Waals surface area contributed by atoms with E-state index in [-0.39, 0.29) is 16.8 Å². The molecule has 1 amide bonds. The van der Waals surface area contributed by atoms with Crippen molar-refractivity contribution in [2.75, 3.05) is 10.0 Å². The van der Waals surface area contributed by atoms with Gasteiger partial charge in [0.25, 0.3) is 10.0 Å². The average molecular weight is 593 g/mol. The number of carbonyl (C=O) groups excluding carboxylic acids is 1. The summed E-state index contributed by atoms with van der Waals surface area (Å²) in [5.74, 6) is 0.0243. The third-order valence-corrected chi connectivity index (χ3v) is 8.22. The van der Waals surface area contributed by atoms with Crippen LogP contribution in [0.25, 0.3) is 0 Å². The van der Waals surface area contributed by atoms with E-state index < -0.39 is 10.0 Å². The van der Waals surface area contributed by atoms with Gasteiger partial charge in [-0.3, -0.25) is 4.79 Å². The number of rotatable bonds is 20. The second-order valence-electron chi connectivity index (χ2n) is 10.5. The Labute approximate surface area is 250 Å². The molecule has 1 heterocycles. The van der Waals surface area contributed by atoms with E-state index in [1.54, 1.807) is 42.5 Å². The van der Waals surface area contributed by atoms with Gasteiger partial charge < -0.3 is 5.32 Å². The van der Waals surface area contributed by atoms with Crippen molar-refractivity contribution in [3.05, 3.63) is 67.0 Å². The molecule has 0 aliphatic rings. The lowest BCUT2D eigenvalue weighted by atomic mass is 10.0. The zero-order valence-electron chi connectivity index (χ0n) is 24.7. The van der Waals surface area contributed by atoms with E-state index in [1.165, 1.54) is 95.2 Å². The Kier molecular flexibility index (Phi) is 14.6. The summed E-state index contributed by atoms with van der Waals surface area (Å²) in [6.07, 6.45) is 20.1. The first kappa shape index (κ1) is 32.8. The molecular weight excluding hydrogens is 548 g/mol. The summed E-state index contributed by atoms with van der Waals surface area (Å²) in [4.78, 5) is 20.1. The fraction of sp³-hybridized carbons (Fsp3) is 0.469. The zero-order chi connectivity index (χ0) is 29.9. The van der Waals surface area contributed by atoms with Crippen molar-refractivity contribution >= 4 is 38.9 Å². The number of sulfonamides is 1. The maximum Gasteiger partial charge on any atom is 0.264 e. The van der Waals surface area contributed by atoms with Gasteiger partial charge in [-0.15, -0.1) is 0 Å². The first-order chi connectivity index (χ1) is 20.5. The monoisotopic (exact) mass is 592 g/mol. The third-order valence-electron chi connectivity index (χ3n) is 6.88. The van der Waals surface area contributed by atoms with E-state index in [0.717, 1.165) is 18.5 Å². The Morgan fingerprint density at radius 2 is 1.17 bits per heavy atom. The van der Waals surface area contributed by atoms with Crippen LogP contribution in [0, 0.1) is 0 Å². The minimum atomic E-state index is -3.81. The van der Waals surface area contributed by atoms with Crippen molar-refractivity contribution in [2.24, 2.45) is 10.2 Å². The van der Waals surface area contributed by atoms with E-state index in [0.29, 0.717) is 17.8 Å². The summed E-state index contributed by atoms with van der Waals surface area (Å²) < 4.78 is 27.3. The number of hydrogen-bond acceptors (Lipinski definition) is 7. The Balaban J connectivity index is 1.30. The van der Waals surface area contributed by atoms with Crippen LogP contribution in [0.4, 0.5) is 23.0 Å². The molecule has 0 fully saturated rings. The molecule has 226 valence electrons. The molecule has 0 saturated heterocycles. The van der Waals surface area contributed by atoms with Gasteiger partial charge in [0.05, 0.1) is 16.3 Å². The molecular formula is C32H44N6O3S. The van der Waals surface area contributed by atoms with Gasteiger partial charge in [0.2, 0.25) is 11.9 Å². The molecule has 2 aromatic carbocycles. The van der Waals surface area contributed by atoms with Crippen LogP contribution in [-0.4, -0.2) is 24.3 Å². The quantitative estimate of drug-likeness (QED) is 0.0999. The molecule has 0 unspecified atom stereocenters. The highest BCUT2D eigenvalue weighted by atomic mass is 32.2. The fourth-order valence-corrected chi connectivity index (χ4v) is 5.43. The Hall–Kier alpha value is -3.66. The summed E-state index contributed by atoms with van der Waals surface area (Å²) in [7, 11) is -3.81. The van der Waals surface area contributed by atoms with Gasteiger partial charge in [-0.1, -0.05) is 84.0 Å². The molecule has 0 atom stereocenters. The normalized spacial score (nSPS) is 11.5. The van der Waals surface area contributed by atoms with Gasteiger partial charge in [0, 0.05) is 24.5 Å². The predicted molar refractivity (Wildman–Crippen MR) is 169 cm³/mol. The molecule has 9 nitrogen and oxygen atoms in total. The highest BCUT2D eigenvalue weighted by Gasteiger charge is 2.15. The van der Waals surface area contributed by atoms with Crippen LogP contribution < -0.4 is 10.0 Å². The standard InChI is InChI=1S/C32H44N6O3S/c1-2-3-4-5-6-7-8-9-10-11-12-13-14-16-31(39)35-27-17-19-28(20-18-27)36-37-29-21-23-30(24-22-29)42(40,41)38-32-33-25-15-26-34-32/h15,17-26H,2-14,16H2,1H3,(H,35,39)(H,33,34,38). The van der Waals surface area contributed by atoms with Gasteiger partial charge in [0.1, 0.15) is 0 Å². The van der Waals surface area contributed by atoms with Crippen molar-refractivity contribution in [1.29, 1.82) is 0 Å². The molecule has 0 bridgehead atoms.